The molecule has 0 amide bonds. The highest BCUT2D eigenvalue weighted by atomic mass is 16.7. The predicted octanol–water partition coefficient (Wildman–Crippen LogP) is 5.74. The fraction of sp³-hybridized carbons (Fsp3) is 0.700. The van der Waals surface area contributed by atoms with Crippen LogP contribution in [0.3, 0.4) is 0 Å². The molecule has 2 nitrogen and oxygen atoms in total. The van der Waals surface area contributed by atoms with E-state index in [0.29, 0.717) is 6.10 Å². The molecule has 0 saturated heterocycles. The Morgan fingerprint density at radius 2 is 1.68 bits per heavy atom. The van der Waals surface area contributed by atoms with Crippen LogP contribution in [0.1, 0.15) is 71.8 Å². The molecule has 1 saturated carbocycles. The number of aryl methyl sites for hydroxylation is 1. The van der Waals surface area contributed by atoms with Gasteiger partial charge in [0.1, 0.15) is 5.75 Å². The minimum absolute atomic E-state index is 0.143. The molecule has 1 aromatic rings. The summed E-state index contributed by atoms with van der Waals surface area (Å²) in [7, 11) is 0. The third-order valence-electron chi connectivity index (χ3n) is 4.27. The molecule has 0 heterocycles. The van der Waals surface area contributed by atoms with Crippen molar-refractivity contribution in [3.05, 3.63) is 29.8 Å². The summed E-state index contributed by atoms with van der Waals surface area (Å²) in [4.78, 5) is 0. The molecule has 0 N–H and O–H groups in total. The third-order valence-corrected chi connectivity index (χ3v) is 4.27. The normalized spacial score (nSPS) is 18.2. The lowest BCUT2D eigenvalue weighted by molar-refractivity contribution is -0.142. The average Bonchev–Trinajstić information content (AvgIpc) is 2.47. The van der Waals surface area contributed by atoms with Gasteiger partial charge in [-0.1, -0.05) is 59.1 Å². The van der Waals surface area contributed by atoms with E-state index in [2.05, 4.69) is 52.0 Å². The third kappa shape index (κ3) is 6.00. The molecule has 1 aliphatic carbocycles. The van der Waals surface area contributed by atoms with E-state index < -0.39 is 0 Å². The van der Waals surface area contributed by atoms with Crippen molar-refractivity contribution in [1.29, 1.82) is 0 Å². The minimum Gasteiger partial charge on any atom is -0.465 e. The summed E-state index contributed by atoms with van der Waals surface area (Å²) < 4.78 is 12.5. The van der Waals surface area contributed by atoms with Crippen LogP contribution >= 0.6 is 0 Å². The Bertz CT molecular complexity index is 424. The number of hydrogen-bond acceptors (Lipinski definition) is 2. The number of ether oxygens (including phenoxy) is 2. The van der Waals surface area contributed by atoms with Gasteiger partial charge in [0, 0.05) is 6.42 Å². The first-order valence-electron chi connectivity index (χ1n) is 8.87. The molecule has 1 aliphatic rings. The monoisotopic (exact) mass is 304 g/mol. The van der Waals surface area contributed by atoms with Crippen molar-refractivity contribution in [2.24, 2.45) is 5.41 Å². The molecule has 1 fully saturated rings. The van der Waals surface area contributed by atoms with Gasteiger partial charge in [-0.2, -0.15) is 0 Å². The molecule has 1 aromatic carbocycles. The molecule has 22 heavy (non-hydrogen) atoms. The van der Waals surface area contributed by atoms with E-state index in [1.807, 2.05) is 0 Å². The van der Waals surface area contributed by atoms with Gasteiger partial charge >= 0.3 is 0 Å². The lowest BCUT2D eigenvalue weighted by Gasteiger charge is -2.31. The molecule has 0 aromatic heterocycles. The van der Waals surface area contributed by atoms with Gasteiger partial charge in [0.2, 0.25) is 6.29 Å². The second-order valence-corrected chi connectivity index (χ2v) is 7.71. The maximum atomic E-state index is 6.31. The summed E-state index contributed by atoms with van der Waals surface area (Å²) in [6.45, 7) is 8.90. The molecule has 0 spiro atoms. The van der Waals surface area contributed by atoms with Gasteiger partial charge in [-0.15, -0.1) is 0 Å². The van der Waals surface area contributed by atoms with Gasteiger partial charge in [-0.3, -0.25) is 0 Å². The lowest BCUT2D eigenvalue weighted by Crippen LogP contribution is -2.32. The van der Waals surface area contributed by atoms with Crippen LogP contribution in [0.5, 0.6) is 5.75 Å². The molecule has 1 atom stereocenters. The fourth-order valence-corrected chi connectivity index (χ4v) is 2.99. The van der Waals surface area contributed by atoms with Gasteiger partial charge in [-0.05, 0) is 42.4 Å². The van der Waals surface area contributed by atoms with Crippen LogP contribution in [-0.2, 0) is 11.2 Å². The van der Waals surface area contributed by atoms with Crippen LogP contribution in [0.15, 0.2) is 24.3 Å². The number of benzene rings is 1. The van der Waals surface area contributed by atoms with E-state index in [1.165, 1.54) is 37.7 Å². The Morgan fingerprint density at radius 3 is 2.23 bits per heavy atom. The van der Waals surface area contributed by atoms with Crippen molar-refractivity contribution >= 4 is 0 Å². The Hall–Kier alpha value is -1.02. The highest BCUT2D eigenvalue weighted by Crippen LogP contribution is 2.29. The van der Waals surface area contributed by atoms with Gasteiger partial charge in [-0.25, -0.2) is 0 Å². The van der Waals surface area contributed by atoms with E-state index in [-0.39, 0.29) is 11.7 Å². The summed E-state index contributed by atoms with van der Waals surface area (Å²) in [6.07, 6.45) is 8.49. The Morgan fingerprint density at radius 1 is 1.05 bits per heavy atom. The zero-order valence-electron chi connectivity index (χ0n) is 14.7. The average molecular weight is 304 g/mol. The van der Waals surface area contributed by atoms with Crippen LogP contribution < -0.4 is 4.74 Å². The Balaban J connectivity index is 1.98. The summed E-state index contributed by atoms with van der Waals surface area (Å²) >= 11 is 0. The highest BCUT2D eigenvalue weighted by Gasteiger charge is 2.25. The van der Waals surface area contributed by atoms with Crippen molar-refractivity contribution in [3.63, 3.8) is 0 Å². The maximum absolute atomic E-state index is 6.31. The second kappa shape index (κ2) is 8.01. The highest BCUT2D eigenvalue weighted by molar-refractivity contribution is 5.27. The van der Waals surface area contributed by atoms with E-state index >= 15 is 0 Å². The van der Waals surface area contributed by atoms with Crippen LogP contribution in [0, 0.1) is 5.41 Å². The molecule has 0 aliphatic heterocycles. The zero-order valence-corrected chi connectivity index (χ0v) is 14.7. The van der Waals surface area contributed by atoms with Crippen molar-refractivity contribution < 1.29 is 9.47 Å². The Labute approximate surface area is 136 Å². The van der Waals surface area contributed by atoms with Gasteiger partial charge < -0.3 is 9.47 Å². The van der Waals surface area contributed by atoms with Crippen LogP contribution in [-0.4, -0.2) is 12.4 Å². The molecular formula is C20H32O2. The standard InChI is InChI=1S/C20H32O2/c1-5-16-11-13-18(14-12-16)22-19(15-20(2,3)4)21-17-9-7-6-8-10-17/h11-14,17,19H,5-10,15H2,1-4H3. The fourth-order valence-electron chi connectivity index (χ4n) is 2.99. The van der Waals surface area contributed by atoms with E-state index in [1.54, 1.807) is 0 Å². The first kappa shape index (κ1) is 17.3. The summed E-state index contributed by atoms with van der Waals surface area (Å²) in [5, 5.41) is 0. The number of rotatable bonds is 6. The molecule has 124 valence electrons. The lowest BCUT2D eigenvalue weighted by atomic mass is 9.91. The quantitative estimate of drug-likeness (QED) is 0.624. The van der Waals surface area contributed by atoms with Crippen molar-refractivity contribution in [2.75, 3.05) is 0 Å². The van der Waals surface area contributed by atoms with Crippen molar-refractivity contribution in [2.45, 2.75) is 85.0 Å². The van der Waals surface area contributed by atoms with Gasteiger partial charge in [0.05, 0.1) is 6.10 Å². The van der Waals surface area contributed by atoms with E-state index in [0.717, 1.165) is 18.6 Å². The molecule has 2 heteroatoms. The van der Waals surface area contributed by atoms with Crippen LogP contribution in [0.4, 0.5) is 0 Å². The largest absolute Gasteiger partial charge is 0.465 e. The van der Waals surface area contributed by atoms with Crippen LogP contribution in [0.2, 0.25) is 0 Å². The van der Waals surface area contributed by atoms with Crippen molar-refractivity contribution in [3.8, 4) is 5.75 Å². The molecule has 0 bridgehead atoms. The van der Waals surface area contributed by atoms with Gasteiger partial charge in [0.15, 0.2) is 0 Å². The summed E-state index contributed by atoms with van der Waals surface area (Å²) in [5.41, 5.74) is 1.54. The molecule has 1 unspecified atom stereocenters. The number of hydrogen-bond donors (Lipinski definition) is 0. The first-order chi connectivity index (χ1) is 10.5. The smallest absolute Gasteiger partial charge is 0.200 e. The SMILES string of the molecule is CCc1ccc(OC(CC(C)(C)C)OC2CCCCC2)cc1. The topological polar surface area (TPSA) is 18.5 Å². The van der Waals surface area contributed by atoms with Crippen LogP contribution in [0.25, 0.3) is 0 Å². The maximum Gasteiger partial charge on any atom is 0.200 e. The second-order valence-electron chi connectivity index (χ2n) is 7.71. The molecule has 2 rings (SSSR count). The minimum atomic E-state index is -0.143. The predicted molar refractivity (Wildman–Crippen MR) is 92.3 cm³/mol. The van der Waals surface area contributed by atoms with E-state index in [4.69, 9.17) is 9.47 Å². The van der Waals surface area contributed by atoms with Gasteiger partial charge in [0.25, 0.3) is 0 Å². The molecule has 0 radical (unpaired) electrons. The van der Waals surface area contributed by atoms with Crippen molar-refractivity contribution in [1.82, 2.24) is 0 Å². The van der Waals surface area contributed by atoms with E-state index in [9.17, 15) is 0 Å². The Kier molecular flexibility index (Phi) is 6.31. The zero-order chi connectivity index (χ0) is 16.0. The summed E-state index contributed by atoms with van der Waals surface area (Å²) in [5.74, 6) is 0.919. The first-order valence-corrected chi connectivity index (χ1v) is 8.87. The molecular weight excluding hydrogens is 272 g/mol. The summed E-state index contributed by atoms with van der Waals surface area (Å²) in [6, 6.07) is 8.42.